The Morgan fingerprint density at radius 3 is 2.19 bits per heavy atom. The Kier molecular flexibility index (Phi) is 4.65. The molecule has 2 aromatic carbocycles. The van der Waals surface area contributed by atoms with E-state index in [0.717, 1.165) is 16.8 Å². The third-order valence-electron chi connectivity index (χ3n) is 3.30. The SMILES string of the molecule is Cc1ccccc1S(=O)(=O)NCc1ccc(N(C)C)cc1. The summed E-state index contributed by atoms with van der Waals surface area (Å²) in [6, 6.07) is 14.8. The van der Waals surface area contributed by atoms with Crippen molar-refractivity contribution in [3.63, 3.8) is 0 Å². The van der Waals surface area contributed by atoms with Crippen molar-refractivity contribution in [1.29, 1.82) is 0 Å². The molecule has 0 aliphatic rings. The van der Waals surface area contributed by atoms with Crippen LogP contribution in [0.15, 0.2) is 53.4 Å². The molecule has 21 heavy (non-hydrogen) atoms. The fraction of sp³-hybridized carbons (Fsp3) is 0.250. The standard InChI is InChI=1S/C16H20N2O2S/c1-13-6-4-5-7-16(13)21(19,20)17-12-14-8-10-15(11-9-14)18(2)3/h4-11,17H,12H2,1-3H3. The lowest BCUT2D eigenvalue weighted by atomic mass is 10.2. The molecule has 0 bridgehead atoms. The Bertz CT molecular complexity index is 707. The molecule has 0 aromatic heterocycles. The number of aryl methyl sites for hydroxylation is 1. The van der Waals surface area contributed by atoms with Crippen LogP contribution < -0.4 is 9.62 Å². The van der Waals surface area contributed by atoms with E-state index in [1.54, 1.807) is 25.1 Å². The first-order valence-corrected chi connectivity index (χ1v) is 8.20. The van der Waals surface area contributed by atoms with Crippen molar-refractivity contribution < 1.29 is 8.42 Å². The highest BCUT2D eigenvalue weighted by Crippen LogP contribution is 2.15. The second kappa shape index (κ2) is 6.28. The summed E-state index contributed by atoms with van der Waals surface area (Å²) in [4.78, 5) is 2.33. The van der Waals surface area contributed by atoms with E-state index in [0.29, 0.717) is 4.90 Å². The predicted molar refractivity (Wildman–Crippen MR) is 86.0 cm³/mol. The van der Waals surface area contributed by atoms with Crippen LogP contribution in [0.1, 0.15) is 11.1 Å². The zero-order valence-electron chi connectivity index (χ0n) is 12.5. The minimum absolute atomic E-state index is 0.282. The van der Waals surface area contributed by atoms with Gasteiger partial charge in [-0.3, -0.25) is 0 Å². The molecule has 0 aliphatic carbocycles. The highest BCUT2D eigenvalue weighted by molar-refractivity contribution is 7.89. The quantitative estimate of drug-likeness (QED) is 0.923. The number of rotatable bonds is 5. The number of benzene rings is 2. The van der Waals surface area contributed by atoms with Gasteiger partial charge in [0.25, 0.3) is 0 Å². The van der Waals surface area contributed by atoms with Crippen LogP contribution in [0.4, 0.5) is 5.69 Å². The average Bonchev–Trinajstić information content (AvgIpc) is 2.46. The van der Waals surface area contributed by atoms with Crippen LogP contribution in [-0.2, 0) is 16.6 Å². The van der Waals surface area contributed by atoms with Gasteiger partial charge in [-0.25, -0.2) is 13.1 Å². The molecule has 0 amide bonds. The first-order chi connectivity index (χ1) is 9.90. The Balaban J connectivity index is 2.10. The van der Waals surface area contributed by atoms with Gasteiger partial charge in [-0.2, -0.15) is 0 Å². The summed E-state index contributed by atoms with van der Waals surface area (Å²) in [6.45, 7) is 2.07. The van der Waals surface area contributed by atoms with Crippen LogP contribution >= 0.6 is 0 Å². The van der Waals surface area contributed by atoms with Gasteiger partial charge in [-0.05, 0) is 36.2 Å². The third kappa shape index (κ3) is 3.83. The monoisotopic (exact) mass is 304 g/mol. The normalized spacial score (nSPS) is 11.4. The van der Waals surface area contributed by atoms with Gasteiger partial charge in [-0.1, -0.05) is 30.3 Å². The van der Waals surface area contributed by atoms with Crippen molar-refractivity contribution in [2.75, 3.05) is 19.0 Å². The van der Waals surface area contributed by atoms with Gasteiger partial charge in [0.2, 0.25) is 10.0 Å². The first kappa shape index (κ1) is 15.5. The molecular formula is C16H20N2O2S. The van der Waals surface area contributed by atoms with Crippen molar-refractivity contribution >= 4 is 15.7 Å². The van der Waals surface area contributed by atoms with Crippen molar-refractivity contribution in [3.8, 4) is 0 Å². The average molecular weight is 304 g/mol. The van der Waals surface area contributed by atoms with Crippen LogP contribution in [-0.4, -0.2) is 22.5 Å². The van der Waals surface area contributed by atoms with Crippen LogP contribution in [0, 0.1) is 6.92 Å². The Hall–Kier alpha value is -1.85. The molecule has 4 nitrogen and oxygen atoms in total. The second-order valence-electron chi connectivity index (χ2n) is 5.15. The highest BCUT2D eigenvalue weighted by Gasteiger charge is 2.15. The van der Waals surface area contributed by atoms with Crippen LogP contribution in [0.5, 0.6) is 0 Å². The molecule has 0 fully saturated rings. The minimum Gasteiger partial charge on any atom is -0.378 e. The molecule has 0 heterocycles. The van der Waals surface area contributed by atoms with Crippen molar-refractivity contribution in [2.45, 2.75) is 18.4 Å². The summed E-state index contributed by atoms with van der Waals surface area (Å²) < 4.78 is 27.2. The van der Waals surface area contributed by atoms with E-state index in [2.05, 4.69) is 4.72 Å². The number of anilines is 1. The molecule has 0 unspecified atom stereocenters. The molecule has 1 N–H and O–H groups in total. The van der Waals surface area contributed by atoms with Crippen molar-refractivity contribution in [1.82, 2.24) is 4.72 Å². The number of sulfonamides is 1. The molecule has 0 radical (unpaired) electrons. The van der Waals surface area contributed by atoms with E-state index in [1.165, 1.54) is 0 Å². The lowest BCUT2D eigenvalue weighted by Crippen LogP contribution is -2.24. The van der Waals surface area contributed by atoms with Gasteiger partial charge in [0, 0.05) is 26.3 Å². The highest BCUT2D eigenvalue weighted by atomic mass is 32.2. The van der Waals surface area contributed by atoms with Gasteiger partial charge < -0.3 is 4.90 Å². The van der Waals surface area contributed by atoms with E-state index in [-0.39, 0.29) is 6.54 Å². The minimum atomic E-state index is -3.48. The van der Waals surface area contributed by atoms with Gasteiger partial charge in [0.1, 0.15) is 0 Å². The van der Waals surface area contributed by atoms with Gasteiger partial charge >= 0.3 is 0 Å². The molecular weight excluding hydrogens is 284 g/mol. The lowest BCUT2D eigenvalue weighted by Gasteiger charge is -2.13. The molecule has 0 saturated carbocycles. The molecule has 2 aromatic rings. The van der Waals surface area contributed by atoms with E-state index < -0.39 is 10.0 Å². The predicted octanol–water partition coefficient (Wildman–Crippen LogP) is 2.54. The van der Waals surface area contributed by atoms with E-state index in [9.17, 15) is 8.42 Å². The van der Waals surface area contributed by atoms with Crippen molar-refractivity contribution in [2.24, 2.45) is 0 Å². The van der Waals surface area contributed by atoms with Crippen molar-refractivity contribution in [3.05, 3.63) is 59.7 Å². The zero-order chi connectivity index (χ0) is 15.5. The number of nitrogens with one attached hydrogen (secondary N) is 1. The Morgan fingerprint density at radius 1 is 1.00 bits per heavy atom. The van der Waals surface area contributed by atoms with Crippen LogP contribution in [0.25, 0.3) is 0 Å². The van der Waals surface area contributed by atoms with Crippen LogP contribution in [0.2, 0.25) is 0 Å². The third-order valence-corrected chi connectivity index (χ3v) is 4.86. The number of nitrogens with zero attached hydrogens (tertiary/aromatic N) is 1. The van der Waals surface area contributed by atoms with Gasteiger partial charge in [0.15, 0.2) is 0 Å². The van der Waals surface area contributed by atoms with Gasteiger partial charge in [0.05, 0.1) is 4.90 Å². The lowest BCUT2D eigenvalue weighted by molar-refractivity contribution is 0.580. The molecule has 5 heteroatoms. The largest absolute Gasteiger partial charge is 0.378 e. The summed E-state index contributed by atoms with van der Waals surface area (Å²) in [5, 5.41) is 0. The maximum absolute atomic E-state index is 12.3. The molecule has 0 saturated heterocycles. The smallest absolute Gasteiger partial charge is 0.241 e. The maximum atomic E-state index is 12.3. The summed E-state index contributed by atoms with van der Waals surface area (Å²) in [5.41, 5.74) is 2.76. The molecule has 0 aliphatic heterocycles. The zero-order valence-corrected chi connectivity index (χ0v) is 13.3. The summed E-state index contributed by atoms with van der Waals surface area (Å²) >= 11 is 0. The Labute approximate surface area is 126 Å². The number of hydrogen-bond donors (Lipinski definition) is 1. The summed E-state index contributed by atoms with van der Waals surface area (Å²) in [6.07, 6.45) is 0. The van der Waals surface area contributed by atoms with E-state index in [4.69, 9.17) is 0 Å². The molecule has 0 atom stereocenters. The summed E-state index contributed by atoms with van der Waals surface area (Å²) in [7, 11) is 0.460. The fourth-order valence-electron chi connectivity index (χ4n) is 2.03. The van der Waals surface area contributed by atoms with E-state index in [1.807, 2.05) is 49.3 Å². The Morgan fingerprint density at radius 2 is 1.62 bits per heavy atom. The van der Waals surface area contributed by atoms with Crippen LogP contribution in [0.3, 0.4) is 0 Å². The molecule has 112 valence electrons. The summed E-state index contributed by atoms with van der Waals surface area (Å²) in [5.74, 6) is 0. The molecule has 2 rings (SSSR count). The topological polar surface area (TPSA) is 49.4 Å². The van der Waals surface area contributed by atoms with Gasteiger partial charge in [-0.15, -0.1) is 0 Å². The fourth-order valence-corrected chi connectivity index (χ4v) is 3.29. The first-order valence-electron chi connectivity index (χ1n) is 6.72. The molecule has 0 spiro atoms. The van der Waals surface area contributed by atoms with E-state index >= 15 is 0 Å². The number of hydrogen-bond acceptors (Lipinski definition) is 3. The maximum Gasteiger partial charge on any atom is 0.241 e. The second-order valence-corrected chi connectivity index (χ2v) is 6.89.